The summed E-state index contributed by atoms with van der Waals surface area (Å²) in [6.07, 6.45) is 0. The van der Waals surface area contributed by atoms with Crippen LogP contribution >= 0.6 is 0 Å². The molecule has 5 heavy (non-hydrogen) atoms. The van der Waals surface area contributed by atoms with E-state index < -0.39 is 0 Å². The molecule has 0 heterocycles. The van der Waals surface area contributed by atoms with Gasteiger partial charge in [-0.2, -0.15) is 0 Å². The van der Waals surface area contributed by atoms with Crippen LogP contribution in [0.25, 0.3) is 0 Å². The third-order valence-electron chi connectivity index (χ3n) is 0. The van der Waals surface area contributed by atoms with E-state index in [2.05, 4.69) is 0 Å². The van der Waals surface area contributed by atoms with Gasteiger partial charge in [0.05, 0.1) is 0 Å². The minimum Gasteiger partial charge on any atom is 0 e. The summed E-state index contributed by atoms with van der Waals surface area (Å²) in [6.45, 7) is 0. The molecular formula is H3MoSeSnVZn. The predicted octanol–water partition coefficient (Wildman–Crippen LogP) is -1.57. The zero-order chi connectivity index (χ0) is 0. The second-order valence-corrected chi connectivity index (χ2v) is 0. The second-order valence-electron chi connectivity index (χ2n) is 0. The molecule has 0 fully saturated rings. The minimum atomic E-state index is 0. The maximum atomic E-state index is 0. The van der Waals surface area contributed by atoms with Crippen molar-refractivity contribution in [2.75, 3.05) is 0 Å². The van der Waals surface area contributed by atoms with E-state index >= 15 is 0 Å². The fraction of sp³-hybridized carbons (Fsp3) is 0. The summed E-state index contributed by atoms with van der Waals surface area (Å²) < 4.78 is 0. The van der Waals surface area contributed by atoms with Gasteiger partial charge in [0, 0.05) is 59.1 Å². The molecule has 0 bridgehead atoms. The van der Waals surface area contributed by atoms with Gasteiger partial charge in [0.1, 0.15) is 0 Å². The Bertz CT molecular complexity index is 11.6. The van der Waals surface area contributed by atoms with E-state index in [0.717, 1.165) is 0 Å². The molecule has 0 nitrogen and oxygen atoms in total. The Balaban J connectivity index is 0. The fourth-order valence-corrected chi connectivity index (χ4v) is 0. The Morgan fingerprint density at radius 3 is 1.00 bits per heavy atom. The number of hydrogen-bond acceptors (Lipinski definition) is 0. The maximum Gasteiger partial charge on any atom is 0 e. The first-order valence-corrected chi connectivity index (χ1v) is 0. The van der Waals surface area contributed by atoms with Crippen molar-refractivity contribution in [3.63, 3.8) is 0 Å². The van der Waals surface area contributed by atoms with Crippen molar-refractivity contribution in [2.45, 2.75) is 0 Å². The van der Waals surface area contributed by atoms with Crippen LogP contribution in [0, 0.1) is 0 Å². The van der Waals surface area contributed by atoms with Crippen molar-refractivity contribution in [1.29, 1.82) is 0 Å². The van der Waals surface area contributed by atoms with Crippen LogP contribution in [-0.4, -0.2) is 41.0 Å². The van der Waals surface area contributed by atoms with Crippen LogP contribution in [-0.2, 0) is 59.1 Å². The number of hydrogen-bond donors (Lipinski definition) is 0. The normalized spacial score (nSPS) is 0. The molecule has 4 radical (unpaired) electrons. The molecule has 0 aliphatic rings. The van der Waals surface area contributed by atoms with Crippen LogP contribution in [0.4, 0.5) is 0 Å². The molecule has 0 aliphatic heterocycles. The molecule has 0 N–H and O–H groups in total. The first-order chi connectivity index (χ1) is 0. The summed E-state index contributed by atoms with van der Waals surface area (Å²) >= 11 is 0. The number of rotatable bonds is 0. The molecule has 0 aromatic heterocycles. The first-order valence-electron chi connectivity index (χ1n) is 0. The Kier molecular flexibility index (Phi) is 223. The van der Waals surface area contributed by atoms with Gasteiger partial charge in [0.15, 0.2) is 0 Å². The summed E-state index contributed by atoms with van der Waals surface area (Å²) in [7, 11) is 0. The largest absolute Gasteiger partial charge is 0 e. The average molecular weight is 413 g/mol. The van der Waals surface area contributed by atoms with Gasteiger partial charge in [-0.1, -0.05) is 0 Å². The monoisotopic (exact) mass is 416 g/mol. The van der Waals surface area contributed by atoms with Crippen LogP contribution in [0.15, 0.2) is 0 Å². The van der Waals surface area contributed by atoms with Crippen LogP contribution in [0.1, 0.15) is 0 Å². The molecule has 26 valence electrons. The van der Waals surface area contributed by atoms with E-state index in [1.54, 1.807) is 0 Å². The minimum absolute atomic E-state index is 0. The van der Waals surface area contributed by atoms with Gasteiger partial charge in [-0.05, 0) is 0 Å². The summed E-state index contributed by atoms with van der Waals surface area (Å²) in [5, 5.41) is 0. The SMILES string of the molecule is [Mo].[SeH].[SnH2].[V].[Zn]. The summed E-state index contributed by atoms with van der Waals surface area (Å²) in [5.41, 5.74) is 0. The van der Waals surface area contributed by atoms with Gasteiger partial charge in [0.2, 0.25) is 0 Å². The maximum absolute atomic E-state index is 0. The van der Waals surface area contributed by atoms with Crippen molar-refractivity contribution < 1.29 is 59.1 Å². The van der Waals surface area contributed by atoms with Crippen molar-refractivity contribution in [3.8, 4) is 0 Å². The molecule has 0 aromatic carbocycles. The Morgan fingerprint density at radius 2 is 1.00 bits per heavy atom. The average Bonchev–Trinajstić information content (AvgIpc) is 0. The van der Waals surface area contributed by atoms with Crippen LogP contribution in [0.2, 0.25) is 0 Å². The zero-order valence-electron chi connectivity index (χ0n) is 2.72. The van der Waals surface area contributed by atoms with Crippen molar-refractivity contribution in [2.24, 2.45) is 0 Å². The smallest absolute Gasteiger partial charge is 0 e. The van der Waals surface area contributed by atoms with Crippen LogP contribution in [0.3, 0.4) is 0 Å². The predicted molar refractivity (Wildman–Crippen MR) is 15.7 cm³/mol. The molecule has 0 atom stereocenters. The summed E-state index contributed by atoms with van der Waals surface area (Å²) in [6, 6.07) is 0. The van der Waals surface area contributed by atoms with E-state index in [0.29, 0.717) is 0 Å². The third kappa shape index (κ3) is 19.0. The van der Waals surface area contributed by atoms with Gasteiger partial charge in [-0.15, -0.1) is 0 Å². The third-order valence-corrected chi connectivity index (χ3v) is 0. The van der Waals surface area contributed by atoms with Crippen LogP contribution in [0.5, 0.6) is 0 Å². The Labute approximate surface area is 98.3 Å². The zero-order valence-corrected chi connectivity index (χ0v) is 15.0. The summed E-state index contributed by atoms with van der Waals surface area (Å²) in [4.78, 5) is 0. The van der Waals surface area contributed by atoms with E-state index in [4.69, 9.17) is 0 Å². The first kappa shape index (κ1) is 41.4. The van der Waals surface area contributed by atoms with Crippen molar-refractivity contribution >= 4 is 41.0 Å². The second kappa shape index (κ2) is 27.0. The molecule has 0 amide bonds. The summed E-state index contributed by atoms with van der Waals surface area (Å²) in [5.74, 6) is 0. The van der Waals surface area contributed by atoms with Crippen molar-refractivity contribution in [1.82, 2.24) is 0 Å². The van der Waals surface area contributed by atoms with E-state index in [1.807, 2.05) is 0 Å². The van der Waals surface area contributed by atoms with E-state index in [-0.39, 0.29) is 100 Å². The molecule has 0 aliphatic carbocycles. The topological polar surface area (TPSA) is 0 Å². The molecule has 0 rings (SSSR count). The van der Waals surface area contributed by atoms with E-state index in [1.165, 1.54) is 0 Å². The van der Waals surface area contributed by atoms with Gasteiger partial charge in [-0.3, -0.25) is 0 Å². The molecule has 0 aromatic rings. The quantitative estimate of drug-likeness (QED) is 0.422. The Hall–Kier alpha value is 3.21. The molecule has 5 heteroatoms. The standard InChI is InChI=1S/Mo.HSe.Sn.V.Zn.2H/h;1H;;;;;. The fourth-order valence-electron chi connectivity index (χ4n) is 0. The molecular weight excluding hydrogens is 410 g/mol. The van der Waals surface area contributed by atoms with Gasteiger partial charge in [0.25, 0.3) is 0 Å². The van der Waals surface area contributed by atoms with E-state index in [9.17, 15) is 0 Å². The van der Waals surface area contributed by atoms with Gasteiger partial charge < -0.3 is 0 Å². The van der Waals surface area contributed by atoms with Crippen LogP contribution < -0.4 is 0 Å². The van der Waals surface area contributed by atoms with Gasteiger partial charge in [-0.25, -0.2) is 0 Å². The van der Waals surface area contributed by atoms with Crippen molar-refractivity contribution in [3.05, 3.63) is 0 Å². The molecule has 0 unspecified atom stereocenters. The molecule has 0 spiro atoms. The molecule has 0 saturated carbocycles. The molecule has 0 saturated heterocycles. The Morgan fingerprint density at radius 1 is 1.00 bits per heavy atom. The van der Waals surface area contributed by atoms with Gasteiger partial charge >= 0.3 is 41.0 Å².